The van der Waals surface area contributed by atoms with Gasteiger partial charge in [-0.15, -0.1) is 0 Å². The quantitative estimate of drug-likeness (QED) is 0.842. The maximum atomic E-state index is 11.5. The average Bonchev–Trinajstić information content (AvgIpc) is 2.40. The molecule has 0 bridgehead atoms. The summed E-state index contributed by atoms with van der Waals surface area (Å²) in [5.41, 5.74) is 8.38. The predicted molar refractivity (Wildman–Crippen MR) is 90.2 cm³/mol. The molecule has 0 amide bonds. The highest BCUT2D eigenvalue weighted by Gasteiger charge is 2.12. The molecule has 0 spiro atoms. The summed E-state index contributed by atoms with van der Waals surface area (Å²) in [5, 5.41) is 0. The Balaban J connectivity index is 2.28. The van der Waals surface area contributed by atoms with Crippen molar-refractivity contribution >= 4 is 37.1 Å². The van der Waals surface area contributed by atoms with Crippen molar-refractivity contribution in [3.05, 3.63) is 52.5 Å². The summed E-state index contributed by atoms with van der Waals surface area (Å²) in [6.07, 6.45) is 1.17. The van der Waals surface area contributed by atoms with Crippen LogP contribution in [0.1, 0.15) is 5.56 Å². The summed E-state index contributed by atoms with van der Waals surface area (Å²) in [5.74, 6) is 0. The molecule has 6 heteroatoms. The van der Waals surface area contributed by atoms with E-state index in [1.165, 1.54) is 12.3 Å². The van der Waals surface area contributed by atoms with Gasteiger partial charge in [0.25, 0.3) is 0 Å². The van der Waals surface area contributed by atoms with Gasteiger partial charge in [0.2, 0.25) is 0 Å². The molecule has 0 heterocycles. The smallest absolute Gasteiger partial charge is 0.175 e. The highest BCUT2D eigenvalue weighted by molar-refractivity contribution is 9.10. The minimum atomic E-state index is -3.24. The summed E-state index contributed by atoms with van der Waals surface area (Å²) in [7, 11) is -1.32. The van der Waals surface area contributed by atoms with Gasteiger partial charge in [-0.25, -0.2) is 8.42 Å². The predicted octanol–water partition coefficient (Wildman–Crippen LogP) is 3.07. The number of nitrogens with zero attached hydrogens (tertiary/aromatic N) is 1. The van der Waals surface area contributed by atoms with Crippen molar-refractivity contribution in [3.63, 3.8) is 0 Å². The van der Waals surface area contributed by atoms with Crippen molar-refractivity contribution in [1.29, 1.82) is 0 Å². The molecule has 21 heavy (non-hydrogen) atoms. The second kappa shape index (κ2) is 6.07. The van der Waals surface area contributed by atoms with Crippen LogP contribution in [0.15, 0.2) is 51.8 Å². The monoisotopic (exact) mass is 368 g/mol. The van der Waals surface area contributed by atoms with Gasteiger partial charge in [0.1, 0.15) is 0 Å². The number of hydrogen-bond donors (Lipinski definition) is 1. The Morgan fingerprint density at radius 3 is 2.43 bits per heavy atom. The Morgan fingerprint density at radius 1 is 1.19 bits per heavy atom. The Hall–Kier alpha value is -1.53. The number of nitrogen functional groups attached to an aromatic ring is 1. The zero-order chi connectivity index (χ0) is 15.6. The molecule has 2 N–H and O–H groups in total. The third kappa shape index (κ3) is 3.77. The second-order valence-electron chi connectivity index (χ2n) is 4.94. The van der Waals surface area contributed by atoms with Crippen LogP contribution in [0.4, 0.5) is 11.4 Å². The van der Waals surface area contributed by atoms with Crippen LogP contribution in [0, 0.1) is 0 Å². The van der Waals surface area contributed by atoms with E-state index in [1.807, 2.05) is 36.2 Å². The van der Waals surface area contributed by atoms with E-state index in [4.69, 9.17) is 5.73 Å². The van der Waals surface area contributed by atoms with Crippen LogP contribution in [0.25, 0.3) is 0 Å². The molecule has 0 radical (unpaired) electrons. The first kappa shape index (κ1) is 15.9. The first-order valence-electron chi connectivity index (χ1n) is 6.33. The van der Waals surface area contributed by atoms with E-state index in [0.29, 0.717) is 12.2 Å². The van der Waals surface area contributed by atoms with Gasteiger partial charge in [-0.05, 0) is 29.8 Å². The summed E-state index contributed by atoms with van der Waals surface area (Å²) < 4.78 is 24.1. The van der Waals surface area contributed by atoms with Gasteiger partial charge in [0.15, 0.2) is 9.84 Å². The Kier molecular flexibility index (Phi) is 4.58. The molecule has 0 atom stereocenters. The van der Waals surface area contributed by atoms with Crippen LogP contribution in [0.5, 0.6) is 0 Å². The molecule has 2 aromatic rings. The van der Waals surface area contributed by atoms with E-state index in [-0.39, 0.29) is 4.90 Å². The molecule has 0 saturated heterocycles. The van der Waals surface area contributed by atoms with Crippen LogP contribution in [-0.4, -0.2) is 21.7 Å². The number of hydrogen-bond acceptors (Lipinski definition) is 4. The van der Waals surface area contributed by atoms with Gasteiger partial charge in [0.05, 0.1) is 16.3 Å². The van der Waals surface area contributed by atoms with Crippen molar-refractivity contribution in [3.8, 4) is 0 Å². The molecule has 4 nitrogen and oxygen atoms in total. The standard InChI is InChI=1S/C15H17BrN2O2S/c1-18(10-11-5-3-4-6-13(11)16)15-8-7-12(9-14(15)17)21(2,19)20/h3-9H,10,17H2,1-2H3. The Morgan fingerprint density at radius 2 is 1.86 bits per heavy atom. The minimum Gasteiger partial charge on any atom is -0.397 e. The Labute approximate surface area is 133 Å². The third-order valence-electron chi connectivity index (χ3n) is 3.20. The van der Waals surface area contributed by atoms with Crippen LogP contribution in [0.3, 0.4) is 0 Å². The van der Waals surface area contributed by atoms with Crippen molar-refractivity contribution in [2.24, 2.45) is 0 Å². The summed E-state index contributed by atoms with van der Waals surface area (Å²) in [6.45, 7) is 0.670. The fourth-order valence-electron chi connectivity index (χ4n) is 2.08. The van der Waals surface area contributed by atoms with E-state index in [1.54, 1.807) is 12.1 Å². The minimum absolute atomic E-state index is 0.234. The van der Waals surface area contributed by atoms with Gasteiger partial charge in [-0.2, -0.15) is 0 Å². The van der Waals surface area contributed by atoms with Crippen LogP contribution >= 0.6 is 15.9 Å². The number of nitrogens with two attached hydrogens (primary N) is 1. The second-order valence-corrected chi connectivity index (χ2v) is 7.81. The average molecular weight is 369 g/mol. The number of anilines is 2. The molecule has 0 unspecified atom stereocenters. The summed E-state index contributed by atoms with van der Waals surface area (Å²) in [6, 6.07) is 12.8. The zero-order valence-electron chi connectivity index (χ0n) is 11.9. The van der Waals surface area contributed by atoms with Gasteiger partial charge in [0, 0.05) is 24.3 Å². The number of halogens is 1. The first-order valence-corrected chi connectivity index (χ1v) is 9.01. The maximum absolute atomic E-state index is 11.5. The number of rotatable bonds is 4. The van der Waals surface area contributed by atoms with Crippen molar-refractivity contribution < 1.29 is 8.42 Å². The normalized spacial score (nSPS) is 11.4. The molecule has 0 aliphatic carbocycles. The third-order valence-corrected chi connectivity index (χ3v) is 5.09. The van der Waals surface area contributed by atoms with E-state index in [0.717, 1.165) is 15.7 Å². The van der Waals surface area contributed by atoms with Crippen molar-refractivity contribution in [1.82, 2.24) is 0 Å². The fourth-order valence-corrected chi connectivity index (χ4v) is 3.14. The van der Waals surface area contributed by atoms with Gasteiger partial charge in [-0.1, -0.05) is 34.1 Å². The lowest BCUT2D eigenvalue weighted by Crippen LogP contribution is -2.18. The molecule has 0 aromatic heterocycles. The van der Waals surface area contributed by atoms with Crippen molar-refractivity contribution in [2.45, 2.75) is 11.4 Å². The highest BCUT2D eigenvalue weighted by atomic mass is 79.9. The van der Waals surface area contributed by atoms with E-state index in [9.17, 15) is 8.42 Å². The topological polar surface area (TPSA) is 63.4 Å². The Bertz CT molecular complexity index is 760. The van der Waals surface area contributed by atoms with Gasteiger partial charge in [-0.3, -0.25) is 0 Å². The lowest BCUT2D eigenvalue weighted by atomic mass is 10.2. The molecule has 2 rings (SSSR count). The molecule has 0 aliphatic heterocycles. The van der Waals surface area contributed by atoms with E-state index in [2.05, 4.69) is 15.9 Å². The molecule has 112 valence electrons. The number of benzene rings is 2. The summed E-state index contributed by atoms with van der Waals surface area (Å²) >= 11 is 3.52. The lowest BCUT2D eigenvalue weighted by molar-refractivity contribution is 0.602. The zero-order valence-corrected chi connectivity index (χ0v) is 14.3. The van der Waals surface area contributed by atoms with Crippen LogP contribution in [-0.2, 0) is 16.4 Å². The molecule has 2 aromatic carbocycles. The van der Waals surface area contributed by atoms with Crippen LogP contribution in [0.2, 0.25) is 0 Å². The van der Waals surface area contributed by atoms with Crippen LogP contribution < -0.4 is 10.6 Å². The largest absolute Gasteiger partial charge is 0.397 e. The fraction of sp³-hybridized carbons (Fsp3) is 0.200. The highest BCUT2D eigenvalue weighted by Crippen LogP contribution is 2.28. The molecule has 0 fully saturated rings. The molecule has 0 saturated carbocycles. The SMILES string of the molecule is CN(Cc1ccccc1Br)c1ccc(S(C)(=O)=O)cc1N. The van der Waals surface area contributed by atoms with Gasteiger partial charge < -0.3 is 10.6 Å². The molecular weight excluding hydrogens is 352 g/mol. The van der Waals surface area contributed by atoms with Crippen molar-refractivity contribution in [2.75, 3.05) is 23.9 Å². The maximum Gasteiger partial charge on any atom is 0.175 e. The molecular formula is C15H17BrN2O2S. The summed E-state index contributed by atoms with van der Waals surface area (Å²) in [4.78, 5) is 2.22. The first-order chi connectivity index (χ1) is 9.79. The lowest BCUT2D eigenvalue weighted by Gasteiger charge is -2.22. The molecule has 0 aliphatic rings. The van der Waals surface area contributed by atoms with E-state index >= 15 is 0 Å². The van der Waals surface area contributed by atoms with E-state index < -0.39 is 9.84 Å². The number of sulfone groups is 1. The van der Waals surface area contributed by atoms with Gasteiger partial charge >= 0.3 is 0 Å².